The number of carboxylic acids is 1. The lowest BCUT2D eigenvalue weighted by Crippen LogP contribution is -1.98. The Balaban J connectivity index is 1.74. The van der Waals surface area contributed by atoms with Crippen LogP contribution in [0, 0.1) is 0 Å². The highest BCUT2D eigenvalue weighted by atomic mass is 16.5. The van der Waals surface area contributed by atoms with Crippen molar-refractivity contribution in [2.75, 3.05) is 7.11 Å². The third-order valence-electron chi connectivity index (χ3n) is 3.06. The molecule has 7 heteroatoms. The van der Waals surface area contributed by atoms with Gasteiger partial charge in [0.1, 0.15) is 18.1 Å². The molecule has 0 radical (unpaired) electrons. The van der Waals surface area contributed by atoms with E-state index in [4.69, 9.17) is 14.6 Å². The quantitative estimate of drug-likeness (QED) is 0.775. The van der Waals surface area contributed by atoms with Gasteiger partial charge in [0, 0.05) is 6.20 Å². The average molecular weight is 299 g/mol. The van der Waals surface area contributed by atoms with E-state index in [2.05, 4.69) is 10.1 Å². The van der Waals surface area contributed by atoms with Crippen LogP contribution in [0.15, 0.2) is 42.6 Å². The summed E-state index contributed by atoms with van der Waals surface area (Å²) in [4.78, 5) is 15.2. The molecule has 1 N–H and O–H groups in total. The first-order valence-electron chi connectivity index (χ1n) is 6.51. The average Bonchev–Trinajstić information content (AvgIpc) is 2.95. The van der Waals surface area contributed by atoms with Gasteiger partial charge in [0.25, 0.3) is 0 Å². The largest absolute Gasteiger partial charge is 0.497 e. The fourth-order valence-corrected chi connectivity index (χ4v) is 1.94. The van der Waals surface area contributed by atoms with E-state index in [1.54, 1.807) is 37.6 Å². The molecule has 3 aromatic rings. The predicted octanol–water partition coefficient (Wildman–Crippen LogP) is 2.02. The van der Waals surface area contributed by atoms with Crippen LogP contribution in [0.25, 0.3) is 5.65 Å². The number of nitrogens with zero attached hydrogens (tertiary/aromatic N) is 3. The van der Waals surface area contributed by atoms with Gasteiger partial charge in [-0.2, -0.15) is 0 Å². The maximum absolute atomic E-state index is 10.9. The predicted molar refractivity (Wildman–Crippen MR) is 77.3 cm³/mol. The number of ether oxygens (including phenoxy) is 2. The SMILES string of the molecule is COc1ccc(OCc2nc3cc(C(=O)O)ccn3n2)cc1. The molecule has 0 spiro atoms. The zero-order valence-electron chi connectivity index (χ0n) is 11.8. The highest BCUT2D eigenvalue weighted by Gasteiger charge is 2.08. The van der Waals surface area contributed by atoms with Gasteiger partial charge in [0.15, 0.2) is 11.5 Å². The maximum atomic E-state index is 10.9. The zero-order valence-corrected chi connectivity index (χ0v) is 11.8. The molecule has 0 amide bonds. The van der Waals surface area contributed by atoms with Crippen LogP contribution in [0.5, 0.6) is 11.5 Å². The summed E-state index contributed by atoms with van der Waals surface area (Å²) >= 11 is 0. The van der Waals surface area contributed by atoms with Gasteiger partial charge in [-0.05, 0) is 36.4 Å². The summed E-state index contributed by atoms with van der Waals surface area (Å²) < 4.78 is 12.2. The Morgan fingerprint density at radius 2 is 1.95 bits per heavy atom. The monoisotopic (exact) mass is 299 g/mol. The van der Waals surface area contributed by atoms with Gasteiger partial charge in [-0.15, -0.1) is 5.10 Å². The lowest BCUT2D eigenvalue weighted by atomic mass is 10.3. The van der Waals surface area contributed by atoms with Crippen molar-refractivity contribution in [1.82, 2.24) is 14.6 Å². The Morgan fingerprint density at radius 1 is 1.23 bits per heavy atom. The number of pyridine rings is 1. The minimum atomic E-state index is -0.999. The molecule has 7 nitrogen and oxygen atoms in total. The van der Waals surface area contributed by atoms with Gasteiger partial charge < -0.3 is 14.6 Å². The van der Waals surface area contributed by atoms with Crippen molar-refractivity contribution in [1.29, 1.82) is 0 Å². The van der Waals surface area contributed by atoms with E-state index in [1.165, 1.54) is 16.6 Å². The molecule has 2 heterocycles. The molecule has 0 atom stereocenters. The number of aromatic nitrogens is 3. The molecule has 112 valence electrons. The Bertz CT molecular complexity index is 811. The lowest BCUT2D eigenvalue weighted by Gasteiger charge is -2.04. The maximum Gasteiger partial charge on any atom is 0.335 e. The minimum absolute atomic E-state index is 0.169. The van der Waals surface area contributed by atoms with Crippen molar-refractivity contribution >= 4 is 11.6 Å². The summed E-state index contributed by atoms with van der Waals surface area (Å²) in [5, 5.41) is 13.2. The summed E-state index contributed by atoms with van der Waals surface area (Å²) in [7, 11) is 1.60. The Labute approximate surface area is 125 Å². The van der Waals surface area contributed by atoms with E-state index in [-0.39, 0.29) is 12.2 Å². The lowest BCUT2D eigenvalue weighted by molar-refractivity contribution is 0.0697. The van der Waals surface area contributed by atoms with Crippen LogP contribution in [-0.2, 0) is 6.61 Å². The van der Waals surface area contributed by atoms with Crippen LogP contribution in [-0.4, -0.2) is 32.8 Å². The second-order valence-electron chi connectivity index (χ2n) is 4.52. The first-order valence-corrected chi connectivity index (χ1v) is 6.51. The Kier molecular flexibility index (Phi) is 3.61. The number of hydrogen-bond donors (Lipinski definition) is 1. The molecule has 3 rings (SSSR count). The van der Waals surface area contributed by atoms with Gasteiger partial charge in [0.05, 0.1) is 12.7 Å². The summed E-state index contributed by atoms with van der Waals surface area (Å²) in [6, 6.07) is 10.1. The van der Waals surface area contributed by atoms with E-state index in [0.29, 0.717) is 17.2 Å². The van der Waals surface area contributed by atoms with Crippen LogP contribution >= 0.6 is 0 Å². The number of fused-ring (bicyclic) bond motifs is 1. The molecular weight excluding hydrogens is 286 g/mol. The number of carbonyl (C=O) groups is 1. The highest BCUT2D eigenvalue weighted by molar-refractivity contribution is 5.88. The van der Waals surface area contributed by atoms with Crippen molar-refractivity contribution in [3.8, 4) is 11.5 Å². The van der Waals surface area contributed by atoms with E-state index in [0.717, 1.165) is 5.75 Å². The van der Waals surface area contributed by atoms with Crippen LogP contribution in [0.2, 0.25) is 0 Å². The van der Waals surface area contributed by atoms with Crippen LogP contribution < -0.4 is 9.47 Å². The van der Waals surface area contributed by atoms with Crippen molar-refractivity contribution in [2.45, 2.75) is 6.61 Å². The number of carboxylic acid groups (broad SMARTS) is 1. The van der Waals surface area contributed by atoms with Gasteiger partial charge in [-0.1, -0.05) is 0 Å². The number of benzene rings is 1. The molecule has 22 heavy (non-hydrogen) atoms. The molecule has 0 unspecified atom stereocenters. The first-order chi connectivity index (χ1) is 10.7. The minimum Gasteiger partial charge on any atom is -0.497 e. The molecule has 0 fully saturated rings. The third-order valence-corrected chi connectivity index (χ3v) is 3.06. The van der Waals surface area contributed by atoms with Crippen LogP contribution in [0.3, 0.4) is 0 Å². The zero-order chi connectivity index (χ0) is 15.5. The summed E-state index contributed by atoms with van der Waals surface area (Å²) in [6.45, 7) is 0.191. The smallest absolute Gasteiger partial charge is 0.335 e. The van der Waals surface area contributed by atoms with E-state index in [9.17, 15) is 4.79 Å². The van der Waals surface area contributed by atoms with Crippen molar-refractivity contribution in [2.24, 2.45) is 0 Å². The van der Waals surface area contributed by atoms with Gasteiger partial charge in [-0.25, -0.2) is 14.3 Å². The van der Waals surface area contributed by atoms with E-state index >= 15 is 0 Å². The van der Waals surface area contributed by atoms with Gasteiger partial charge >= 0.3 is 5.97 Å². The summed E-state index contributed by atoms with van der Waals surface area (Å²) in [5.74, 6) is 0.894. The first kappa shape index (κ1) is 13.9. The third kappa shape index (κ3) is 2.83. The molecule has 2 aromatic heterocycles. The fraction of sp³-hybridized carbons (Fsp3) is 0.133. The summed E-state index contributed by atoms with van der Waals surface area (Å²) in [5.41, 5.74) is 0.635. The van der Waals surface area contributed by atoms with Crippen molar-refractivity contribution in [3.05, 3.63) is 54.0 Å². The second-order valence-corrected chi connectivity index (χ2v) is 4.52. The molecule has 0 aliphatic rings. The standard InChI is InChI=1S/C15H13N3O4/c1-21-11-2-4-12(5-3-11)22-9-13-16-14-8-10(15(19)20)6-7-18(14)17-13/h2-8H,9H2,1H3,(H,19,20). The highest BCUT2D eigenvalue weighted by Crippen LogP contribution is 2.18. The van der Waals surface area contributed by atoms with E-state index < -0.39 is 5.97 Å². The molecular formula is C15H13N3O4. The Morgan fingerprint density at radius 3 is 2.64 bits per heavy atom. The molecule has 0 aliphatic heterocycles. The van der Waals surface area contributed by atoms with Crippen LogP contribution in [0.4, 0.5) is 0 Å². The van der Waals surface area contributed by atoms with Gasteiger partial charge in [0.2, 0.25) is 0 Å². The number of aromatic carboxylic acids is 1. The second kappa shape index (κ2) is 5.72. The molecule has 0 saturated heterocycles. The molecule has 0 aliphatic carbocycles. The molecule has 1 aromatic carbocycles. The number of rotatable bonds is 5. The molecule has 0 saturated carbocycles. The summed E-state index contributed by atoms with van der Waals surface area (Å²) in [6.07, 6.45) is 1.56. The van der Waals surface area contributed by atoms with Crippen molar-refractivity contribution in [3.63, 3.8) is 0 Å². The fourth-order valence-electron chi connectivity index (χ4n) is 1.94. The van der Waals surface area contributed by atoms with E-state index in [1.807, 2.05) is 0 Å². The number of methoxy groups -OCH3 is 1. The molecule has 0 bridgehead atoms. The normalized spacial score (nSPS) is 10.6. The topological polar surface area (TPSA) is 86.0 Å². The van der Waals surface area contributed by atoms with Crippen molar-refractivity contribution < 1.29 is 19.4 Å². The van der Waals surface area contributed by atoms with Gasteiger partial charge in [-0.3, -0.25) is 0 Å². The Hall–Kier alpha value is -3.09. The number of hydrogen-bond acceptors (Lipinski definition) is 5. The van der Waals surface area contributed by atoms with Crippen LogP contribution in [0.1, 0.15) is 16.2 Å².